The molecule has 0 fully saturated rings. The first kappa shape index (κ1) is 23.4. The van der Waals surface area contributed by atoms with Crippen molar-refractivity contribution in [3.63, 3.8) is 0 Å². The molecular weight excluding hydrogens is 374 g/mol. The van der Waals surface area contributed by atoms with E-state index in [0.717, 1.165) is 41.1 Å². The zero-order chi connectivity index (χ0) is 21.2. The number of carbonyl (C=O) groups is 1. The average molecular weight is 410 g/mol. The molecular formula is C26H35NOS. The summed E-state index contributed by atoms with van der Waals surface area (Å²) in [7, 11) is 0. The summed E-state index contributed by atoms with van der Waals surface area (Å²) in [5.74, 6) is 0.164. The molecule has 0 bridgehead atoms. The average Bonchev–Trinajstić information content (AvgIpc) is 2.69. The molecule has 2 aromatic carbocycles. The lowest BCUT2D eigenvalue weighted by atomic mass is 9.89. The van der Waals surface area contributed by atoms with Gasteiger partial charge < -0.3 is 0 Å². The van der Waals surface area contributed by atoms with Gasteiger partial charge in [-0.15, -0.1) is 12.6 Å². The number of Topliss-reactive ketones (excluding diaryl/α,β-unsaturated/α-hetero) is 1. The van der Waals surface area contributed by atoms with Crippen LogP contribution in [-0.4, -0.2) is 11.5 Å². The smallest absolute Gasteiger partial charge is 0.166 e. The fourth-order valence-corrected chi connectivity index (χ4v) is 3.96. The summed E-state index contributed by atoms with van der Waals surface area (Å²) in [6, 6.07) is 14.1. The first-order valence-electron chi connectivity index (χ1n) is 10.9. The number of thiol groups is 1. The van der Waals surface area contributed by atoms with E-state index in [0.29, 0.717) is 6.42 Å². The summed E-state index contributed by atoms with van der Waals surface area (Å²) in [6.07, 6.45) is 7.28. The van der Waals surface area contributed by atoms with Gasteiger partial charge in [0.15, 0.2) is 5.78 Å². The Labute approximate surface area is 182 Å². The highest BCUT2D eigenvalue weighted by molar-refractivity contribution is 7.80. The zero-order valence-electron chi connectivity index (χ0n) is 18.4. The van der Waals surface area contributed by atoms with Crippen LogP contribution in [0.2, 0.25) is 0 Å². The molecule has 0 saturated heterocycles. The van der Waals surface area contributed by atoms with Crippen LogP contribution in [0.3, 0.4) is 0 Å². The van der Waals surface area contributed by atoms with Crippen molar-refractivity contribution in [1.82, 2.24) is 0 Å². The molecule has 2 rings (SSSR count). The van der Waals surface area contributed by atoms with Gasteiger partial charge in [-0.05, 0) is 68.9 Å². The summed E-state index contributed by atoms with van der Waals surface area (Å²) in [4.78, 5) is 18.9. The van der Waals surface area contributed by atoms with Crippen LogP contribution >= 0.6 is 12.6 Å². The quantitative estimate of drug-likeness (QED) is 0.174. The van der Waals surface area contributed by atoms with E-state index in [-0.39, 0.29) is 11.7 Å². The number of nitrogens with zero attached hydrogens (tertiary/aromatic N) is 1. The van der Waals surface area contributed by atoms with E-state index in [1.807, 2.05) is 24.3 Å². The molecule has 2 nitrogen and oxygen atoms in total. The molecule has 0 heterocycles. The second kappa shape index (κ2) is 12.0. The van der Waals surface area contributed by atoms with Crippen molar-refractivity contribution in [2.75, 3.05) is 0 Å². The molecule has 0 aliphatic heterocycles. The van der Waals surface area contributed by atoms with Gasteiger partial charge in [0, 0.05) is 22.1 Å². The predicted molar refractivity (Wildman–Crippen MR) is 128 cm³/mol. The summed E-state index contributed by atoms with van der Waals surface area (Å²) in [5, 5.41) is 0. The van der Waals surface area contributed by atoms with Crippen LogP contribution < -0.4 is 0 Å². The molecule has 2 aromatic rings. The fraction of sp³-hybridized carbons (Fsp3) is 0.462. The Bertz CT molecular complexity index is 840. The molecule has 1 unspecified atom stereocenters. The van der Waals surface area contributed by atoms with Gasteiger partial charge in [-0.1, -0.05) is 57.4 Å². The Kier molecular flexibility index (Phi) is 9.66. The lowest BCUT2D eigenvalue weighted by molar-refractivity contribution is 0.0916. The van der Waals surface area contributed by atoms with E-state index in [1.54, 1.807) is 0 Å². The molecule has 156 valence electrons. The number of rotatable bonds is 11. The van der Waals surface area contributed by atoms with Crippen molar-refractivity contribution >= 4 is 29.8 Å². The van der Waals surface area contributed by atoms with Gasteiger partial charge in [0.05, 0.1) is 5.69 Å². The van der Waals surface area contributed by atoms with Gasteiger partial charge in [-0.2, -0.15) is 0 Å². The summed E-state index contributed by atoms with van der Waals surface area (Å²) < 4.78 is 0. The van der Waals surface area contributed by atoms with Crippen molar-refractivity contribution in [3.8, 4) is 0 Å². The first-order chi connectivity index (χ1) is 13.9. The van der Waals surface area contributed by atoms with Gasteiger partial charge >= 0.3 is 0 Å². The molecule has 3 heteroatoms. The number of benzene rings is 2. The number of carbonyl (C=O) groups excluding carboxylic acids is 1. The Hall–Kier alpha value is -1.87. The van der Waals surface area contributed by atoms with E-state index < -0.39 is 0 Å². The van der Waals surface area contributed by atoms with Gasteiger partial charge in [0.2, 0.25) is 0 Å². The maximum Gasteiger partial charge on any atom is 0.166 e. The van der Waals surface area contributed by atoms with Crippen LogP contribution in [0, 0.1) is 12.8 Å². The molecule has 0 amide bonds. The molecule has 0 radical (unpaired) electrons. The number of ketones is 1. The standard InChI is InChI=1S/C26H35NOS/c1-5-7-8-11-21-15-14-19(3)16-25(21)27-20(4)17-22(10-6-2)26(28)23-12-9-13-24(29)18-23/h9,12-16,18,22,29H,5-8,10-11,17H2,1-4H3. The largest absolute Gasteiger partial charge is 0.294 e. The topological polar surface area (TPSA) is 29.4 Å². The normalized spacial score (nSPS) is 12.8. The maximum atomic E-state index is 13.1. The number of aliphatic imine (C=N–C) groups is 1. The third-order valence-electron chi connectivity index (χ3n) is 5.28. The first-order valence-corrected chi connectivity index (χ1v) is 11.4. The second-order valence-electron chi connectivity index (χ2n) is 8.04. The molecule has 1 atom stereocenters. The minimum absolute atomic E-state index is 0.0350. The second-order valence-corrected chi connectivity index (χ2v) is 8.56. The van der Waals surface area contributed by atoms with E-state index in [9.17, 15) is 4.79 Å². The maximum absolute atomic E-state index is 13.1. The molecule has 29 heavy (non-hydrogen) atoms. The Morgan fingerprint density at radius 3 is 2.55 bits per heavy atom. The van der Waals surface area contributed by atoms with Crippen LogP contribution in [0.15, 0.2) is 52.4 Å². The van der Waals surface area contributed by atoms with Crippen LogP contribution in [0.25, 0.3) is 0 Å². The number of unbranched alkanes of at least 4 members (excludes halogenated alkanes) is 2. The van der Waals surface area contributed by atoms with Crippen molar-refractivity contribution in [2.45, 2.75) is 77.5 Å². The Morgan fingerprint density at radius 1 is 1.07 bits per heavy atom. The minimum Gasteiger partial charge on any atom is -0.294 e. The van der Waals surface area contributed by atoms with Crippen molar-refractivity contribution < 1.29 is 4.79 Å². The van der Waals surface area contributed by atoms with E-state index in [4.69, 9.17) is 4.99 Å². The highest BCUT2D eigenvalue weighted by atomic mass is 32.1. The van der Waals surface area contributed by atoms with Gasteiger partial charge in [-0.3, -0.25) is 9.79 Å². The highest BCUT2D eigenvalue weighted by Gasteiger charge is 2.20. The van der Waals surface area contributed by atoms with Crippen molar-refractivity contribution in [2.24, 2.45) is 10.9 Å². The summed E-state index contributed by atoms with van der Waals surface area (Å²) >= 11 is 4.39. The highest BCUT2D eigenvalue weighted by Crippen LogP contribution is 2.26. The Morgan fingerprint density at radius 2 is 1.86 bits per heavy atom. The van der Waals surface area contributed by atoms with Crippen molar-refractivity contribution in [1.29, 1.82) is 0 Å². The monoisotopic (exact) mass is 409 g/mol. The van der Waals surface area contributed by atoms with Crippen LogP contribution in [0.5, 0.6) is 0 Å². The molecule has 0 aromatic heterocycles. The van der Waals surface area contributed by atoms with Gasteiger partial charge in [0.25, 0.3) is 0 Å². The van der Waals surface area contributed by atoms with Crippen LogP contribution in [0.1, 0.15) is 80.8 Å². The summed E-state index contributed by atoms with van der Waals surface area (Å²) in [5.41, 5.74) is 5.38. The molecule has 0 spiro atoms. The minimum atomic E-state index is -0.0350. The third kappa shape index (κ3) is 7.47. The predicted octanol–water partition coefficient (Wildman–Crippen LogP) is 7.80. The van der Waals surface area contributed by atoms with E-state index >= 15 is 0 Å². The van der Waals surface area contributed by atoms with E-state index in [2.05, 4.69) is 58.5 Å². The molecule has 0 saturated carbocycles. The van der Waals surface area contributed by atoms with Gasteiger partial charge in [-0.25, -0.2) is 0 Å². The number of hydrogen-bond acceptors (Lipinski definition) is 3. The number of aryl methyl sites for hydroxylation is 2. The SMILES string of the molecule is CCCCCc1ccc(C)cc1N=C(C)CC(CCC)C(=O)c1cccc(S)c1. The third-order valence-corrected chi connectivity index (χ3v) is 5.56. The lowest BCUT2D eigenvalue weighted by Crippen LogP contribution is -2.18. The Balaban J connectivity index is 2.21. The van der Waals surface area contributed by atoms with Crippen LogP contribution in [0.4, 0.5) is 5.69 Å². The fourth-order valence-electron chi connectivity index (χ4n) is 3.73. The summed E-state index contributed by atoms with van der Waals surface area (Å²) in [6.45, 7) is 8.53. The molecule has 0 aliphatic carbocycles. The van der Waals surface area contributed by atoms with Crippen LogP contribution in [-0.2, 0) is 6.42 Å². The van der Waals surface area contributed by atoms with Gasteiger partial charge in [0.1, 0.15) is 0 Å². The van der Waals surface area contributed by atoms with Crippen molar-refractivity contribution in [3.05, 3.63) is 59.2 Å². The zero-order valence-corrected chi connectivity index (χ0v) is 19.3. The lowest BCUT2D eigenvalue weighted by Gasteiger charge is -2.16. The number of hydrogen-bond donors (Lipinski definition) is 1. The molecule has 0 aliphatic rings. The molecule has 0 N–H and O–H groups in total. The van der Waals surface area contributed by atoms with E-state index in [1.165, 1.54) is 30.4 Å².